The quantitative estimate of drug-likeness (QED) is 0.143. The Balaban J connectivity index is 1.15. The fourth-order valence-corrected chi connectivity index (χ4v) is 8.18. The lowest BCUT2D eigenvalue weighted by Gasteiger charge is -2.31. The molecule has 5 aromatic rings. The Bertz CT molecular complexity index is 2150. The molecule has 0 unspecified atom stereocenters. The van der Waals surface area contributed by atoms with Crippen LogP contribution in [0.5, 0.6) is 5.75 Å². The van der Waals surface area contributed by atoms with Crippen molar-refractivity contribution < 1.29 is 29.0 Å². The summed E-state index contributed by atoms with van der Waals surface area (Å²) in [5.41, 5.74) is 5.26. The van der Waals surface area contributed by atoms with E-state index in [1.165, 1.54) is 11.3 Å². The fourth-order valence-electron chi connectivity index (χ4n) is 7.32. The first-order valence-electron chi connectivity index (χ1n) is 18.2. The zero-order valence-electron chi connectivity index (χ0n) is 30.5. The van der Waals surface area contributed by atoms with Gasteiger partial charge in [0.05, 0.1) is 16.3 Å². The number of thiazole rings is 1. The summed E-state index contributed by atoms with van der Waals surface area (Å²) in [5.74, 6) is 0.0357. The first-order chi connectivity index (χ1) is 25.4. The van der Waals surface area contributed by atoms with Gasteiger partial charge in [-0.25, -0.2) is 14.8 Å². The predicted octanol–water partition coefficient (Wildman–Crippen LogP) is 8.85. The number of carboxylic acids is 1. The van der Waals surface area contributed by atoms with E-state index in [0.29, 0.717) is 41.6 Å². The van der Waals surface area contributed by atoms with Gasteiger partial charge in [-0.3, -0.25) is 14.9 Å². The lowest BCUT2D eigenvalue weighted by Crippen LogP contribution is -2.33. The summed E-state index contributed by atoms with van der Waals surface area (Å²) in [6, 6.07) is 23.3. The number of esters is 1. The molecule has 1 aliphatic carbocycles. The minimum absolute atomic E-state index is 0.00465. The molecular weight excluding hydrogens is 689 g/mol. The third kappa shape index (κ3) is 8.20. The normalized spacial score (nSPS) is 17.2. The molecule has 1 saturated carbocycles. The Morgan fingerprint density at radius 1 is 0.925 bits per heavy atom. The Kier molecular flexibility index (Phi) is 10.2. The Hall–Kier alpha value is -5.29. The van der Waals surface area contributed by atoms with E-state index < -0.39 is 17.5 Å². The molecule has 0 bridgehead atoms. The first kappa shape index (κ1) is 36.1. The van der Waals surface area contributed by atoms with Crippen LogP contribution in [0.4, 0.5) is 10.9 Å². The Morgan fingerprint density at radius 3 is 2.45 bits per heavy atom. The van der Waals surface area contributed by atoms with Crippen LogP contribution >= 0.6 is 11.3 Å². The molecule has 3 aromatic carbocycles. The van der Waals surface area contributed by atoms with Crippen LogP contribution in [0.1, 0.15) is 90.4 Å². The first-order valence-corrected chi connectivity index (χ1v) is 19.0. The fraction of sp³-hybridized carbons (Fsp3) is 0.357. The third-order valence-corrected chi connectivity index (χ3v) is 10.9. The monoisotopic (exact) mass is 732 g/mol. The second-order valence-corrected chi connectivity index (χ2v) is 15.9. The average Bonchev–Trinajstić information content (AvgIpc) is 3.54. The van der Waals surface area contributed by atoms with Crippen LogP contribution in [0, 0.1) is 12.8 Å². The molecule has 0 atom stereocenters. The number of rotatable bonds is 9. The highest BCUT2D eigenvalue weighted by atomic mass is 32.1. The number of aliphatic carboxylic acids is 1. The zero-order chi connectivity index (χ0) is 37.3. The summed E-state index contributed by atoms with van der Waals surface area (Å²) in [7, 11) is 0. The number of carbonyl (C=O) groups is 3. The van der Waals surface area contributed by atoms with E-state index in [9.17, 15) is 19.5 Å². The van der Waals surface area contributed by atoms with Crippen molar-refractivity contribution in [3.63, 3.8) is 0 Å². The molecule has 7 rings (SSSR count). The van der Waals surface area contributed by atoms with E-state index in [4.69, 9.17) is 14.5 Å². The van der Waals surface area contributed by atoms with Crippen molar-refractivity contribution in [3.8, 4) is 16.9 Å². The molecule has 2 N–H and O–H groups in total. The van der Waals surface area contributed by atoms with Crippen molar-refractivity contribution in [1.29, 1.82) is 0 Å². The Morgan fingerprint density at radius 2 is 1.70 bits per heavy atom. The van der Waals surface area contributed by atoms with Crippen molar-refractivity contribution in [2.75, 3.05) is 16.8 Å². The molecule has 11 heteroatoms. The summed E-state index contributed by atoms with van der Waals surface area (Å²) in [5, 5.41) is 12.8. The molecule has 3 heterocycles. The lowest BCUT2D eigenvalue weighted by molar-refractivity contribution is -0.138. The maximum absolute atomic E-state index is 13.9. The summed E-state index contributed by atoms with van der Waals surface area (Å²) < 4.78 is 13.4. The Labute approximate surface area is 313 Å². The number of fused-ring (bicyclic) bond motifs is 2. The van der Waals surface area contributed by atoms with E-state index >= 15 is 0 Å². The van der Waals surface area contributed by atoms with Gasteiger partial charge in [-0.15, -0.1) is 0 Å². The average molecular weight is 733 g/mol. The third-order valence-electron chi connectivity index (χ3n) is 9.95. The SMILES string of the molecule is Cc1c(OC2CCC(CC(=O)O)CC2)cccc1-c1ccc(N2CCc3cccc(C(=O)Nc4nc5ccccc5s4)c3C2)nc1C(=O)OC(C)(C)C. The maximum Gasteiger partial charge on any atom is 0.358 e. The molecule has 2 aromatic heterocycles. The van der Waals surface area contributed by atoms with Gasteiger partial charge in [0.15, 0.2) is 10.8 Å². The van der Waals surface area contributed by atoms with Crippen molar-refractivity contribution in [2.45, 2.75) is 84.5 Å². The molecule has 2 aliphatic rings. The van der Waals surface area contributed by atoms with Gasteiger partial charge in [-0.1, -0.05) is 47.7 Å². The topological polar surface area (TPSA) is 131 Å². The predicted molar refractivity (Wildman–Crippen MR) is 207 cm³/mol. The number of nitrogens with zero attached hydrogens (tertiary/aromatic N) is 3. The number of nitrogens with one attached hydrogen (secondary N) is 1. The van der Waals surface area contributed by atoms with Gasteiger partial charge in [-0.05, 0) is 124 Å². The number of ether oxygens (including phenoxy) is 2. The van der Waals surface area contributed by atoms with Crippen molar-refractivity contribution >= 4 is 50.3 Å². The summed E-state index contributed by atoms with van der Waals surface area (Å²) in [6.45, 7) is 8.59. The molecular formula is C42H44N4O6S. The van der Waals surface area contributed by atoms with E-state index in [2.05, 4.69) is 21.3 Å². The van der Waals surface area contributed by atoms with E-state index in [1.807, 2.05) is 94.4 Å². The lowest BCUT2D eigenvalue weighted by atomic mass is 9.85. The molecule has 10 nitrogen and oxygen atoms in total. The zero-order valence-corrected chi connectivity index (χ0v) is 31.3. The molecule has 1 aliphatic heterocycles. The van der Waals surface area contributed by atoms with Crippen LogP contribution in [0.15, 0.2) is 72.8 Å². The van der Waals surface area contributed by atoms with Crippen LogP contribution in [0.3, 0.4) is 0 Å². The van der Waals surface area contributed by atoms with Crippen LogP contribution in [0.25, 0.3) is 21.3 Å². The molecule has 1 amide bonds. The number of benzene rings is 3. The maximum atomic E-state index is 13.9. The van der Waals surface area contributed by atoms with Gasteiger partial charge < -0.3 is 19.5 Å². The summed E-state index contributed by atoms with van der Waals surface area (Å²) in [6.07, 6.45) is 4.13. The van der Waals surface area contributed by atoms with E-state index in [-0.39, 0.29) is 30.0 Å². The standard InChI is InChI=1S/C42H44N4O6S/c1-25-29(10-8-13-34(25)51-28-17-15-26(16-18-28)23-37(47)48)30-19-20-36(44-38(30)40(50)52-42(2,3)4)46-22-21-27-9-7-11-31(32(27)24-46)39(49)45-41-43-33-12-5-6-14-35(33)53-41/h5-14,19-20,26,28H,15-18,21-24H2,1-4H3,(H,47,48)(H,43,45,49). The second-order valence-electron chi connectivity index (χ2n) is 14.9. The largest absolute Gasteiger partial charge is 0.490 e. The van der Waals surface area contributed by atoms with E-state index in [1.54, 1.807) is 0 Å². The van der Waals surface area contributed by atoms with Gasteiger partial charge >= 0.3 is 11.9 Å². The van der Waals surface area contributed by atoms with Gasteiger partial charge in [0.25, 0.3) is 5.91 Å². The van der Waals surface area contributed by atoms with Crippen molar-refractivity contribution in [3.05, 3.63) is 101 Å². The van der Waals surface area contributed by atoms with Gasteiger partial charge in [0.1, 0.15) is 17.2 Å². The molecule has 1 fully saturated rings. The molecule has 0 radical (unpaired) electrons. The number of aromatic nitrogens is 2. The summed E-state index contributed by atoms with van der Waals surface area (Å²) in [4.78, 5) is 50.4. The number of hydrogen-bond acceptors (Lipinski definition) is 9. The number of hydrogen-bond donors (Lipinski definition) is 2. The number of anilines is 2. The van der Waals surface area contributed by atoms with Crippen LogP contribution < -0.4 is 15.0 Å². The van der Waals surface area contributed by atoms with Gasteiger partial charge in [0.2, 0.25) is 0 Å². The highest BCUT2D eigenvalue weighted by Gasteiger charge is 2.29. The summed E-state index contributed by atoms with van der Waals surface area (Å²) >= 11 is 1.44. The highest BCUT2D eigenvalue weighted by molar-refractivity contribution is 7.22. The highest BCUT2D eigenvalue weighted by Crippen LogP contribution is 2.37. The van der Waals surface area contributed by atoms with Crippen LogP contribution in [-0.2, 0) is 22.5 Å². The van der Waals surface area contributed by atoms with Crippen molar-refractivity contribution in [2.24, 2.45) is 5.92 Å². The van der Waals surface area contributed by atoms with Gasteiger partial charge in [-0.2, -0.15) is 0 Å². The number of carboxylic acid groups (broad SMARTS) is 1. The number of carbonyl (C=O) groups excluding carboxylic acids is 2. The molecule has 53 heavy (non-hydrogen) atoms. The smallest absolute Gasteiger partial charge is 0.358 e. The van der Waals surface area contributed by atoms with Crippen molar-refractivity contribution in [1.82, 2.24) is 9.97 Å². The molecule has 274 valence electrons. The minimum atomic E-state index is -0.753. The van der Waals surface area contributed by atoms with Crippen LogP contribution in [0.2, 0.25) is 0 Å². The van der Waals surface area contributed by atoms with E-state index in [0.717, 1.165) is 63.9 Å². The minimum Gasteiger partial charge on any atom is -0.490 e. The number of pyridine rings is 1. The number of para-hydroxylation sites is 1. The van der Waals surface area contributed by atoms with Gasteiger partial charge in [0, 0.05) is 30.6 Å². The number of amides is 1. The second kappa shape index (κ2) is 15.0. The molecule has 0 spiro atoms. The van der Waals surface area contributed by atoms with Crippen LogP contribution in [-0.4, -0.2) is 51.2 Å². The molecule has 0 saturated heterocycles.